The molecule has 0 atom stereocenters. The molecule has 0 fully saturated rings. The van der Waals surface area contributed by atoms with Crippen molar-refractivity contribution in [3.05, 3.63) is 12.4 Å². The first-order chi connectivity index (χ1) is 6.72. The van der Waals surface area contributed by atoms with Crippen LogP contribution < -0.4 is 0 Å². The molecule has 1 aliphatic heterocycles. The van der Waals surface area contributed by atoms with Gasteiger partial charge in [-0.25, -0.2) is 0 Å². The Hall–Kier alpha value is -0.500. The monoisotopic (exact) mass is 197 g/mol. The summed E-state index contributed by atoms with van der Waals surface area (Å²) in [5.41, 5.74) is 0. The zero-order valence-electron chi connectivity index (χ0n) is 10.00. The first-order valence-electron chi connectivity index (χ1n) is 5.98. The van der Waals surface area contributed by atoms with Crippen LogP contribution in [0.15, 0.2) is 12.4 Å². The lowest BCUT2D eigenvalue weighted by Gasteiger charge is -2.32. The Bertz CT molecular complexity index is 179. The molecule has 0 aromatic heterocycles. The van der Waals surface area contributed by atoms with E-state index in [4.69, 9.17) is 0 Å². The van der Waals surface area contributed by atoms with Gasteiger partial charge in [0.2, 0.25) is 0 Å². The van der Waals surface area contributed by atoms with Gasteiger partial charge in [0, 0.05) is 7.05 Å². The standard InChI is InChI=1S/C12H25N2/c1-4-6-9-14(10-7-5-2)11-8-13(3)12-14/h8,11H,4-7,9-10,12H2,1-3H3/q+1. The molecule has 14 heavy (non-hydrogen) atoms. The summed E-state index contributed by atoms with van der Waals surface area (Å²) < 4.78 is 1.19. The zero-order valence-corrected chi connectivity index (χ0v) is 10.00. The summed E-state index contributed by atoms with van der Waals surface area (Å²) in [5.74, 6) is 0. The molecule has 2 heteroatoms. The summed E-state index contributed by atoms with van der Waals surface area (Å²) in [7, 11) is 2.17. The van der Waals surface area contributed by atoms with Crippen LogP contribution in [-0.4, -0.2) is 36.2 Å². The molecule has 0 amide bonds. The SMILES string of the molecule is CCCC[N+]1(CCCC)C=CN(C)C1. The lowest BCUT2D eigenvalue weighted by Crippen LogP contribution is -2.45. The van der Waals surface area contributed by atoms with Gasteiger partial charge in [-0.2, -0.15) is 0 Å². The fourth-order valence-electron chi connectivity index (χ4n) is 2.14. The maximum atomic E-state index is 2.39. The van der Waals surface area contributed by atoms with Crippen molar-refractivity contribution in [2.75, 3.05) is 26.8 Å². The Morgan fingerprint density at radius 3 is 2.07 bits per heavy atom. The van der Waals surface area contributed by atoms with Crippen molar-refractivity contribution < 1.29 is 4.48 Å². The van der Waals surface area contributed by atoms with Gasteiger partial charge in [0.25, 0.3) is 0 Å². The third kappa shape index (κ3) is 3.02. The van der Waals surface area contributed by atoms with Gasteiger partial charge in [-0.15, -0.1) is 0 Å². The van der Waals surface area contributed by atoms with Crippen LogP contribution in [-0.2, 0) is 0 Å². The minimum atomic E-state index is 1.18. The third-order valence-corrected chi connectivity index (χ3v) is 3.06. The Kier molecular flexibility index (Phi) is 4.46. The first-order valence-corrected chi connectivity index (χ1v) is 5.98. The smallest absolute Gasteiger partial charge is 0.158 e. The second kappa shape index (κ2) is 5.40. The van der Waals surface area contributed by atoms with Crippen LogP contribution >= 0.6 is 0 Å². The highest BCUT2D eigenvalue weighted by Gasteiger charge is 2.29. The molecule has 0 aliphatic carbocycles. The van der Waals surface area contributed by atoms with Crippen LogP contribution in [0.4, 0.5) is 0 Å². The van der Waals surface area contributed by atoms with E-state index in [0.29, 0.717) is 0 Å². The molecule has 0 aromatic carbocycles. The molecular weight excluding hydrogens is 172 g/mol. The fourth-order valence-corrected chi connectivity index (χ4v) is 2.14. The summed E-state index contributed by atoms with van der Waals surface area (Å²) in [6, 6.07) is 0. The van der Waals surface area contributed by atoms with Gasteiger partial charge >= 0.3 is 0 Å². The first kappa shape index (κ1) is 11.6. The van der Waals surface area contributed by atoms with E-state index in [1.807, 2.05) is 0 Å². The van der Waals surface area contributed by atoms with E-state index in [1.54, 1.807) is 0 Å². The van der Waals surface area contributed by atoms with Gasteiger partial charge < -0.3 is 4.90 Å². The van der Waals surface area contributed by atoms with E-state index < -0.39 is 0 Å². The quantitative estimate of drug-likeness (QED) is 0.592. The lowest BCUT2D eigenvalue weighted by atomic mass is 10.2. The number of quaternary nitrogens is 1. The molecule has 0 unspecified atom stereocenters. The zero-order chi connectivity index (χ0) is 10.4. The molecule has 0 radical (unpaired) electrons. The van der Waals surface area contributed by atoms with Crippen molar-refractivity contribution in [3.63, 3.8) is 0 Å². The largest absolute Gasteiger partial charge is 0.329 e. The molecule has 2 nitrogen and oxygen atoms in total. The highest BCUT2D eigenvalue weighted by Crippen LogP contribution is 2.19. The van der Waals surface area contributed by atoms with Crippen molar-refractivity contribution in [2.24, 2.45) is 0 Å². The van der Waals surface area contributed by atoms with E-state index in [1.165, 1.54) is 49.9 Å². The summed E-state index contributed by atoms with van der Waals surface area (Å²) in [4.78, 5) is 2.31. The Labute approximate surface area is 88.8 Å². The molecule has 0 spiro atoms. The van der Waals surface area contributed by atoms with Crippen LogP contribution in [0.2, 0.25) is 0 Å². The highest BCUT2D eigenvalue weighted by atomic mass is 15.5. The predicted octanol–water partition coefficient (Wildman–Crippen LogP) is 2.78. The van der Waals surface area contributed by atoms with Crippen molar-refractivity contribution in [1.82, 2.24) is 4.90 Å². The average molecular weight is 197 g/mol. The molecule has 0 aromatic rings. The van der Waals surface area contributed by atoms with Crippen LogP contribution in [0, 0.1) is 0 Å². The van der Waals surface area contributed by atoms with Crippen LogP contribution in [0.3, 0.4) is 0 Å². The van der Waals surface area contributed by atoms with Crippen LogP contribution in [0.5, 0.6) is 0 Å². The predicted molar refractivity (Wildman–Crippen MR) is 61.6 cm³/mol. The Balaban J connectivity index is 2.47. The van der Waals surface area contributed by atoms with E-state index in [-0.39, 0.29) is 0 Å². The molecule has 1 aliphatic rings. The Morgan fingerprint density at radius 1 is 1.14 bits per heavy atom. The van der Waals surface area contributed by atoms with Gasteiger partial charge in [0.15, 0.2) is 6.67 Å². The van der Waals surface area contributed by atoms with E-state index in [9.17, 15) is 0 Å². The topological polar surface area (TPSA) is 3.24 Å². The molecule has 0 saturated carbocycles. The second-order valence-corrected chi connectivity index (χ2v) is 4.57. The van der Waals surface area contributed by atoms with Gasteiger partial charge in [-0.3, -0.25) is 4.48 Å². The van der Waals surface area contributed by atoms with E-state index in [0.717, 1.165) is 0 Å². The summed E-state index contributed by atoms with van der Waals surface area (Å²) in [5, 5.41) is 0. The van der Waals surface area contributed by atoms with Gasteiger partial charge in [0.05, 0.1) is 19.3 Å². The number of hydrogen-bond donors (Lipinski definition) is 0. The summed E-state index contributed by atoms with van der Waals surface area (Å²) >= 11 is 0. The van der Waals surface area contributed by atoms with Crippen molar-refractivity contribution in [1.29, 1.82) is 0 Å². The van der Waals surface area contributed by atoms with E-state index in [2.05, 4.69) is 38.2 Å². The summed E-state index contributed by atoms with van der Waals surface area (Å²) in [6.07, 6.45) is 9.95. The molecule has 0 N–H and O–H groups in total. The maximum absolute atomic E-state index is 2.39. The molecule has 0 bridgehead atoms. The third-order valence-electron chi connectivity index (χ3n) is 3.06. The minimum Gasteiger partial charge on any atom is -0.329 e. The normalized spacial score (nSPS) is 19.2. The number of hydrogen-bond acceptors (Lipinski definition) is 1. The second-order valence-electron chi connectivity index (χ2n) is 4.57. The Morgan fingerprint density at radius 2 is 1.71 bits per heavy atom. The van der Waals surface area contributed by atoms with Gasteiger partial charge in [-0.1, -0.05) is 26.7 Å². The number of nitrogens with zero attached hydrogens (tertiary/aromatic N) is 2. The highest BCUT2D eigenvalue weighted by molar-refractivity contribution is 4.79. The number of rotatable bonds is 6. The van der Waals surface area contributed by atoms with Crippen molar-refractivity contribution in [3.8, 4) is 0 Å². The van der Waals surface area contributed by atoms with E-state index >= 15 is 0 Å². The molecule has 82 valence electrons. The van der Waals surface area contributed by atoms with Gasteiger partial charge in [0.1, 0.15) is 6.20 Å². The number of unbranched alkanes of at least 4 members (excludes halogenated alkanes) is 2. The average Bonchev–Trinajstić information content (AvgIpc) is 2.55. The maximum Gasteiger partial charge on any atom is 0.158 e. The fraction of sp³-hybridized carbons (Fsp3) is 0.833. The summed E-state index contributed by atoms with van der Waals surface area (Å²) in [6.45, 7) is 8.37. The minimum absolute atomic E-state index is 1.18. The molecule has 1 rings (SSSR count). The van der Waals surface area contributed by atoms with Crippen molar-refractivity contribution >= 4 is 0 Å². The van der Waals surface area contributed by atoms with Crippen molar-refractivity contribution in [2.45, 2.75) is 39.5 Å². The van der Waals surface area contributed by atoms with Gasteiger partial charge in [-0.05, 0) is 12.8 Å². The molecule has 0 saturated heterocycles. The van der Waals surface area contributed by atoms with Crippen LogP contribution in [0.1, 0.15) is 39.5 Å². The lowest BCUT2D eigenvalue weighted by molar-refractivity contribution is -0.881. The van der Waals surface area contributed by atoms with Crippen LogP contribution in [0.25, 0.3) is 0 Å². The molecule has 1 heterocycles. The molecular formula is C12H25N2+.